The van der Waals surface area contributed by atoms with Crippen molar-refractivity contribution in [1.82, 2.24) is 15.0 Å². The summed E-state index contributed by atoms with van der Waals surface area (Å²) in [5, 5.41) is 9.01. The van der Waals surface area contributed by atoms with Crippen LogP contribution in [0, 0.1) is 0 Å². The molecule has 0 fully saturated rings. The highest BCUT2D eigenvalue weighted by Crippen LogP contribution is 2.14. The zero-order valence-electron chi connectivity index (χ0n) is 6.75. The lowest BCUT2D eigenvalue weighted by molar-refractivity contribution is 0.473. The molecule has 2 heterocycles. The standard InChI is InChI=1S/C9H7N3O/c13-7-1-2-8(12-5-7)9-6-10-3-4-11-9/h1-6,13H. The van der Waals surface area contributed by atoms with Gasteiger partial charge in [-0.1, -0.05) is 0 Å². The van der Waals surface area contributed by atoms with Crippen LogP contribution in [0.2, 0.25) is 0 Å². The average molecular weight is 173 g/mol. The van der Waals surface area contributed by atoms with Gasteiger partial charge in [-0.3, -0.25) is 15.0 Å². The largest absolute Gasteiger partial charge is 0.506 e. The fraction of sp³-hybridized carbons (Fsp3) is 0. The van der Waals surface area contributed by atoms with E-state index in [0.29, 0.717) is 11.4 Å². The van der Waals surface area contributed by atoms with Crippen molar-refractivity contribution in [3.05, 3.63) is 36.9 Å². The minimum atomic E-state index is 0.146. The summed E-state index contributed by atoms with van der Waals surface area (Å²) < 4.78 is 0. The summed E-state index contributed by atoms with van der Waals surface area (Å²) in [6, 6.07) is 3.26. The van der Waals surface area contributed by atoms with Crippen LogP contribution in [-0.4, -0.2) is 20.1 Å². The lowest BCUT2D eigenvalue weighted by atomic mass is 10.3. The molecule has 13 heavy (non-hydrogen) atoms. The molecule has 2 aromatic heterocycles. The highest BCUT2D eigenvalue weighted by molar-refractivity contribution is 5.52. The highest BCUT2D eigenvalue weighted by Gasteiger charge is 1.98. The Balaban J connectivity index is 2.42. The SMILES string of the molecule is Oc1ccc(-c2cnccn2)nc1. The Bertz CT molecular complexity index is 385. The van der Waals surface area contributed by atoms with Crippen molar-refractivity contribution in [1.29, 1.82) is 0 Å². The molecule has 0 aromatic carbocycles. The van der Waals surface area contributed by atoms with Crippen molar-refractivity contribution < 1.29 is 5.11 Å². The van der Waals surface area contributed by atoms with E-state index in [0.717, 1.165) is 0 Å². The molecule has 0 atom stereocenters. The fourth-order valence-corrected chi connectivity index (χ4v) is 0.969. The smallest absolute Gasteiger partial charge is 0.133 e. The third-order valence-electron chi connectivity index (χ3n) is 1.57. The second-order valence-corrected chi connectivity index (χ2v) is 2.49. The minimum Gasteiger partial charge on any atom is -0.506 e. The van der Waals surface area contributed by atoms with Crippen molar-refractivity contribution in [3.8, 4) is 17.1 Å². The first kappa shape index (κ1) is 7.67. The normalized spacial score (nSPS) is 9.85. The Kier molecular flexibility index (Phi) is 1.88. The summed E-state index contributed by atoms with van der Waals surface area (Å²) in [6.07, 6.45) is 6.21. The van der Waals surface area contributed by atoms with Crippen LogP contribution in [0.3, 0.4) is 0 Å². The summed E-state index contributed by atoms with van der Waals surface area (Å²) in [5.74, 6) is 0.146. The first-order valence-electron chi connectivity index (χ1n) is 3.77. The van der Waals surface area contributed by atoms with E-state index in [1.165, 1.54) is 6.20 Å². The summed E-state index contributed by atoms with van der Waals surface area (Å²) in [6.45, 7) is 0. The first-order chi connectivity index (χ1) is 6.36. The van der Waals surface area contributed by atoms with Crippen molar-refractivity contribution in [2.24, 2.45) is 0 Å². The number of aromatic hydroxyl groups is 1. The van der Waals surface area contributed by atoms with Gasteiger partial charge in [0, 0.05) is 12.4 Å². The Morgan fingerprint density at radius 3 is 2.46 bits per heavy atom. The van der Waals surface area contributed by atoms with Gasteiger partial charge in [-0.25, -0.2) is 0 Å². The van der Waals surface area contributed by atoms with Crippen molar-refractivity contribution in [3.63, 3.8) is 0 Å². The number of nitrogens with zero attached hydrogens (tertiary/aromatic N) is 3. The van der Waals surface area contributed by atoms with Crippen LogP contribution in [0.4, 0.5) is 0 Å². The summed E-state index contributed by atoms with van der Waals surface area (Å²) in [5.41, 5.74) is 1.40. The average Bonchev–Trinajstić information content (AvgIpc) is 2.20. The third kappa shape index (κ3) is 1.61. The fourth-order valence-electron chi connectivity index (χ4n) is 0.969. The molecule has 2 rings (SSSR count). The van der Waals surface area contributed by atoms with Gasteiger partial charge in [0.15, 0.2) is 0 Å². The molecule has 0 radical (unpaired) electrons. The van der Waals surface area contributed by atoms with Gasteiger partial charge in [0.2, 0.25) is 0 Å². The predicted molar refractivity (Wildman–Crippen MR) is 46.9 cm³/mol. The summed E-state index contributed by atoms with van der Waals surface area (Å²) >= 11 is 0. The first-order valence-corrected chi connectivity index (χ1v) is 3.77. The van der Waals surface area contributed by atoms with Crippen molar-refractivity contribution >= 4 is 0 Å². The van der Waals surface area contributed by atoms with E-state index in [1.54, 1.807) is 30.7 Å². The van der Waals surface area contributed by atoms with Gasteiger partial charge in [0.25, 0.3) is 0 Å². The van der Waals surface area contributed by atoms with E-state index in [4.69, 9.17) is 5.11 Å². The lowest BCUT2D eigenvalue weighted by Gasteiger charge is -1.97. The molecule has 0 amide bonds. The monoisotopic (exact) mass is 173 g/mol. The van der Waals surface area contributed by atoms with Gasteiger partial charge in [-0.05, 0) is 12.1 Å². The quantitative estimate of drug-likeness (QED) is 0.704. The van der Waals surface area contributed by atoms with Crippen LogP contribution < -0.4 is 0 Å². The number of rotatable bonds is 1. The Morgan fingerprint density at radius 2 is 1.85 bits per heavy atom. The number of hydrogen-bond donors (Lipinski definition) is 1. The second kappa shape index (κ2) is 3.18. The van der Waals surface area contributed by atoms with Crippen LogP contribution in [-0.2, 0) is 0 Å². The Hall–Kier alpha value is -1.97. The van der Waals surface area contributed by atoms with E-state index in [1.807, 2.05) is 0 Å². The van der Waals surface area contributed by atoms with Gasteiger partial charge in [0.05, 0.1) is 18.1 Å². The molecule has 0 saturated carbocycles. The van der Waals surface area contributed by atoms with Gasteiger partial charge < -0.3 is 5.11 Å². The second-order valence-electron chi connectivity index (χ2n) is 2.49. The Morgan fingerprint density at radius 1 is 0.923 bits per heavy atom. The van der Waals surface area contributed by atoms with Crippen LogP contribution in [0.5, 0.6) is 5.75 Å². The molecule has 0 aliphatic rings. The maximum absolute atomic E-state index is 9.01. The molecule has 4 heteroatoms. The van der Waals surface area contributed by atoms with Gasteiger partial charge in [0.1, 0.15) is 11.4 Å². The van der Waals surface area contributed by atoms with Crippen LogP contribution >= 0.6 is 0 Å². The summed E-state index contributed by atoms with van der Waals surface area (Å²) in [7, 11) is 0. The molecule has 0 unspecified atom stereocenters. The van der Waals surface area contributed by atoms with Crippen molar-refractivity contribution in [2.45, 2.75) is 0 Å². The van der Waals surface area contributed by atoms with Crippen LogP contribution in [0.1, 0.15) is 0 Å². The zero-order chi connectivity index (χ0) is 9.10. The molecule has 0 spiro atoms. The molecule has 0 aliphatic carbocycles. The van der Waals surface area contributed by atoms with Gasteiger partial charge in [-0.15, -0.1) is 0 Å². The molecule has 0 saturated heterocycles. The molecule has 1 N–H and O–H groups in total. The minimum absolute atomic E-state index is 0.146. The number of pyridine rings is 1. The molecule has 4 nitrogen and oxygen atoms in total. The third-order valence-corrected chi connectivity index (χ3v) is 1.57. The molecular formula is C9H7N3O. The lowest BCUT2D eigenvalue weighted by Crippen LogP contribution is -1.86. The van der Waals surface area contributed by atoms with E-state index in [-0.39, 0.29) is 5.75 Å². The van der Waals surface area contributed by atoms with E-state index in [2.05, 4.69) is 15.0 Å². The maximum Gasteiger partial charge on any atom is 0.133 e. The van der Waals surface area contributed by atoms with Crippen LogP contribution in [0.15, 0.2) is 36.9 Å². The van der Waals surface area contributed by atoms with Gasteiger partial charge in [-0.2, -0.15) is 0 Å². The maximum atomic E-state index is 9.01. The van der Waals surface area contributed by atoms with Crippen LogP contribution in [0.25, 0.3) is 11.4 Å². The molecule has 64 valence electrons. The summed E-state index contributed by atoms with van der Waals surface area (Å²) in [4.78, 5) is 12.0. The predicted octanol–water partition coefficient (Wildman–Crippen LogP) is 1.24. The van der Waals surface area contributed by atoms with E-state index >= 15 is 0 Å². The Labute approximate surface area is 74.9 Å². The topological polar surface area (TPSA) is 58.9 Å². The highest BCUT2D eigenvalue weighted by atomic mass is 16.3. The van der Waals surface area contributed by atoms with E-state index < -0.39 is 0 Å². The van der Waals surface area contributed by atoms with Gasteiger partial charge >= 0.3 is 0 Å². The molecule has 0 aliphatic heterocycles. The molecular weight excluding hydrogens is 166 g/mol. The molecule has 0 bridgehead atoms. The molecule has 2 aromatic rings. The zero-order valence-corrected chi connectivity index (χ0v) is 6.75. The number of aromatic nitrogens is 3. The van der Waals surface area contributed by atoms with E-state index in [9.17, 15) is 0 Å². The number of hydrogen-bond acceptors (Lipinski definition) is 4. The van der Waals surface area contributed by atoms with Crippen molar-refractivity contribution in [2.75, 3.05) is 0 Å².